The van der Waals surface area contributed by atoms with Crippen molar-refractivity contribution in [1.29, 1.82) is 0 Å². The van der Waals surface area contributed by atoms with E-state index in [1.807, 2.05) is 18.7 Å². The summed E-state index contributed by atoms with van der Waals surface area (Å²) in [6.07, 6.45) is 1.54. The van der Waals surface area contributed by atoms with Gasteiger partial charge in [0.25, 0.3) is 5.91 Å². The van der Waals surface area contributed by atoms with Gasteiger partial charge in [0.15, 0.2) is 0 Å². The smallest absolute Gasteiger partial charge is 0.257 e. The Bertz CT molecular complexity index is 546. The fourth-order valence-electron chi connectivity index (χ4n) is 2.62. The molecule has 2 heterocycles. The minimum Gasteiger partial charge on any atom is -0.383 e. The highest BCUT2D eigenvalue weighted by molar-refractivity contribution is 5.98. The van der Waals surface area contributed by atoms with Crippen molar-refractivity contribution in [3.05, 3.63) is 23.9 Å². The maximum Gasteiger partial charge on any atom is 0.257 e. The lowest BCUT2D eigenvalue weighted by molar-refractivity contribution is -0.126. The molecule has 21 heavy (non-hydrogen) atoms. The number of amides is 2. The van der Waals surface area contributed by atoms with Crippen molar-refractivity contribution in [2.75, 3.05) is 25.4 Å². The van der Waals surface area contributed by atoms with Crippen molar-refractivity contribution >= 4 is 17.6 Å². The molecule has 1 aromatic rings. The highest BCUT2D eigenvalue weighted by Crippen LogP contribution is 2.17. The molecule has 114 valence electrons. The van der Waals surface area contributed by atoms with Crippen LogP contribution < -0.4 is 11.5 Å². The van der Waals surface area contributed by atoms with Gasteiger partial charge in [0.1, 0.15) is 11.9 Å². The van der Waals surface area contributed by atoms with E-state index in [9.17, 15) is 9.59 Å². The van der Waals surface area contributed by atoms with Gasteiger partial charge in [0, 0.05) is 31.9 Å². The van der Waals surface area contributed by atoms with Crippen LogP contribution in [0.15, 0.2) is 18.3 Å². The van der Waals surface area contributed by atoms with Crippen LogP contribution in [0.1, 0.15) is 24.2 Å². The Morgan fingerprint density at radius 2 is 2.10 bits per heavy atom. The molecule has 7 nitrogen and oxygen atoms in total. The van der Waals surface area contributed by atoms with Crippen molar-refractivity contribution < 1.29 is 9.59 Å². The number of pyridine rings is 1. The minimum absolute atomic E-state index is 0.197. The molecule has 0 unspecified atom stereocenters. The second-order valence-electron chi connectivity index (χ2n) is 5.44. The van der Waals surface area contributed by atoms with Gasteiger partial charge in [-0.25, -0.2) is 4.98 Å². The molecule has 1 aliphatic rings. The topological polar surface area (TPSA) is 106 Å². The monoisotopic (exact) mass is 291 g/mol. The first-order valence-electron chi connectivity index (χ1n) is 6.96. The van der Waals surface area contributed by atoms with E-state index in [1.54, 1.807) is 17.0 Å². The molecular formula is C14H21N5O2. The zero-order valence-electron chi connectivity index (χ0n) is 12.3. The second-order valence-corrected chi connectivity index (χ2v) is 5.44. The van der Waals surface area contributed by atoms with Gasteiger partial charge in [0.05, 0.1) is 5.56 Å². The lowest BCUT2D eigenvalue weighted by Gasteiger charge is -2.42. The minimum atomic E-state index is -0.472. The molecule has 1 aromatic heterocycles. The van der Waals surface area contributed by atoms with Crippen molar-refractivity contribution in [2.24, 2.45) is 5.73 Å². The standard InChI is InChI=1S/C14H21N5O2/c1-9(2)19-7-6-18(8-11(19)13(16)20)14(21)10-4-3-5-17-12(10)15/h3-5,9,11H,6-8H2,1-2H3,(H2,15,17)(H2,16,20)/t11-/m1/s1. The number of aromatic nitrogens is 1. The van der Waals surface area contributed by atoms with Crippen molar-refractivity contribution in [3.63, 3.8) is 0 Å². The molecule has 1 fully saturated rings. The molecule has 2 amide bonds. The van der Waals surface area contributed by atoms with E-state index in [0.717, 1.165) is 0 Å². The van der Waals surface area contributed by atoms with Crippen LogP contribution in [0.25, 0.3) is 0 Å². The average Bonchev–Trinajstić information content (AvgIpc) is 2.46. The Hall–Kier alpha value is -2.15. The molecule has 2 rings (SSSR count). The lowest BCUT2D eigenvalue weighted by Crippen LogP contribution is -2.61. The number of anilines is 1. The number of carbonyl (C=O) groups excluding carboxylic acids is 2. The van der Waals surface area contributed by atoms with Gasteiger partial charge in [-0.1, -0.05) is 0 Å². The molecule has 4 N–H and O–H groups in total. The zero-order valence-corrected chi connectivity index (χ0v) is 12.3. The highest BCUT2D eigenvalue weighted by atomic mass is 16.2. The Labute approximate surface area is 123 Å². The summed E-state index contributed by atoms with van der Waals surface area (Å²) in [5, 5.41) is 0. The molecule has 1 saturated heterocycles. The van der Waals surface area contributed by atoms with E-state index < -0.39 is 11.9 Å². The Kier molecular flexibility index (Phi) is 4.42. The van der Waals surface area contributed by atoms with Gasteiger partial charge in [0.2, 0.25) is 5.91 Å². The van der Waals surface area contributed by atoms with Crippen molar-refractivity contribution in [3.8, 4) is 0 Å². The maximum absolute atomic E-state index is 12.5. The van der Waals surface area contributed by atoms with E-state index in [-0.39, 0.29) is 24.3 Å². The van der Waals surface area contributed by atoms with Crippen LogP contribution in [0.4, 0.5) is 5.82 Å². The Balaban J connectivity index is 2.18. The predicted octanol–water partition coefficient (Wildman–Crippen LogP) is -0.316. The van der Waals surface area contributed by atoms with Gasteiger partial charge in [-0.3, -0.25) is 14.5 Å². The molecular weight excluding hydrogens is 270 g/mol. The number of nitrogens with two attached hydrogens (primary N) is 2. The first-order chi connectivity index (χ1) is 9.91. The molecule has 1 aliphatic heterocycles. The summed E-state index contributed by atoms with van der Waals surface area (Å²) in [6.45, 7) is 5.44. The molecule has 0 spiro atoms. The number of carbonyl (C=O) groups is 2. The largest absolute Gasteiger partial charge is 0.383 e. The third-order valence-corrected chi connectivity index (χ3v) is 3.77. The normalized spacial score (nSPS) is 19.8. The number of piperazine rings is 1. The van der Waals surface area contributed by atoms with Crippen LogP contribution in [0.3, 0.4) is 0 Å². The van der Waals surface area contributed by atoms with Crippen LogP contribution in [0.2, 0.25) is 0 Å². The molecule has 0 saturated carbocycles. The summed E-state index contributed by atoms with van der Waals surface area (Å²) in [4.78, 5) is 31.7. The van der Waals surface area contributed by atoms with Crippen LogP contribution in [0, 0.1) is 0 Å². The molecule has 0 bridgehead atoms. The Morgan fingerprint density at radius 1 is 1.38 bits per heavy atom. The summed E-state index contributed by atoms with van der Waals surface area (Å²) in [5.41, 5.74) is 11.6. The zero-order chi connectivity index (χ0) is 15.6. The van der Waals surface area contributed by atoms with E-state index in [4.69, 9.17) is 11.5 Å². The van der Waals surface area contributed by atoms with E-state index >= 15 is 0 Å². The second kappa shape index (κ2) is 6.09. The molecule has 0 aliphatic carbocycles. The lowest BCUT2D eigenvalue weighted by atomic mass is 10.1. The van der Waals surface area contributed by atoms with Crippen LogP contribution in [-0.2, 0) is 4.79 Å². The fourth-order valence-corrected chi connectivity index (χ4v) is 2.62. The summed E-state index contributed by atoms with van der Waals surface area (Å²) in [7, 11) is 0. The average molecular weight is 291 g/mol. The quantitative estimate of drug-likeness (QED) is 0.794. The molecule has 7 heteroatoms. The van der Waals surface area contributed by atoms with Crippen LogP contribution >= 0.6 is 0 Å². The predicted molar refractivity (Wildman–Crippen MR) is 79.4 cm³/mol. The Morgan fingerprint density at radius 3 is 2.67 bits per heavy atom. The van der Waals surface area contributed by atoms with Crippen LogP contribution in [0.5, 0.6) is 0 Å². The summed E-state index contributed by atoms with van der Waals surface area (Å²) in [6, 6.07) is 3.03. The van der Waals surface area contributed by atoms with E-state index in [2.05, 4.69) is 4.98 Å². The fraction of sp³-hybridized carbons (Fsp3) is 0.500. The summed E-state index contributed by atoms with van der Waals surface area (Å²) in [5.74, 6) is -0.431. The van der Waals surface area contributed by atoms with E-state index in [0.29, 0.717) is 18.7 Å². The number of nitrogens with zero attached hydrogens (tertiary/aromatic N) is 3. The maximum atomic E-state index is 12.5. The molecule has 0 aromatic carbocycles. The van der Waals surface area contributed by atoms with Gasteiger partial charge in [-0.2, -0.15) is 0 Å². The number of hydrogen-bond acceptors (Lipinski definition) is 5. The third kappa shape index (κ3) is 3.13. The third-order valence-electron chi connectivity index (χ3n) is 3.77. The SMILES string of the molecule is CC(C)N1CCN(C(=O)c2cccnc2N)C[C@@H]1C(N)=O. The van der Waals surface area contributed by atoms with Crippen molar-refractivity contribution in [2.45, 2.75) is 25.9 Å². The first-order valence-corrected chi connectivity index (χ1v) is 6.96. The van der Waals surface area contributed by atoms with Gasteiger partial charge < -0.3 is 16.4 Å². The highest BCUT2D eigenvalue weighted by Gasteiger charge is 2.34. The van der Waals surface area contributed by atoms with E-state index in [1.165, 1.54) is 6.20 Å². The van der Waals surface area contributed by atoms with Gasteiger partial charge in [-0.15, -0.1) is 0 Å². The van der Waals surface area contributed by atoms with Gasteiger partial charge >= 0.3 is 0 Å². The number of hydrogen-bond donors (Lipinski definition) is 2. The first kappa shape index (κ1) is 15.2. The molecule has 1 atom stereocenters. The summed E-state index contributed by atoms with van der Waals surface area (Å²) < 4.78 is 0. The van der Waals surface area contributed by atoms with Crippen LogP contribution in [-0.4, -0.2) is 58.3 Å². The number of rotatable bonds is 3. The van der Waals surface area contributed by atoms with Gasteiger partial charge in [-0.05, 0) is 26.0 Å². The van der Waals surface area contributed by atoms with Crippen molar-refractivity contribution in [1.82, 2.24) is 14.8 Å². The number of primary amides is 1. The molecule has 0 radical (unpaired) electrons. The number of nitrogen functional groups attached to an aromatic ring is 1. The summed E-state index contributed by atoms with van der Waals surface area (Å²) >= 11 is 0.